The quantitative estimate of drug-likeness (QED) is 0.173. The Bertz CT molecular complexity index is 2470. The molecule has 5 heteroatoms. The standard InChI is InChI=1S/C45H30N4O/c1-5-15-32(16-6-1)43-46-44(33-17-7-2-8-18-33)48-45(47-43)39-29-34(30-41-42(39)38-23-13-14-24-40(38)50-41)31-25-27-37(28-26-31)49(35-19-9-3-10-20-35)36-21-11-4-12-22-36/h1-30H. The van der Waals surface area contributed by atoms with Crippen LogP contribution < -0.4 is 4.90 Å². The number of anilines is 3. The van der Waals surface area contributed by atoms with Crippen LogP contribution in [0.25, 0.3) is 67.2 Å². The minimum absolute atomic E-state index is 0.590. The molecular formula is C45H30N4O. The summed E-state index contributed by atoms with van der Waals surface area (Å²) in [5, 5.41) is 1.99. The van der Waals surface area contributed by atoms with E-state index in [1.165, 1.54) is 0 Å². The summed E-state index contributed by atoms with van der Waals surface area (Å²) in [5.41, 5.74) is 9.65. The lowest BCUT2D eigenvalue weighted by molar-refractivity contribution is 0.669. The summed E-state index contributed by atoms with van der Waals surface area (Å²) in [6, 6.07) is 62.1. The lowest BCUT2D eigenvalue weighted by atomic mass is 9.97. The van der Waals surface area contributed by atoms with E-state index < -0.39 is 0 Å². The number of furan rings is 1. The maximum Gasteiger partial charge on any atom is 0.164 e. The average molecular weight is 643 g/mol. The van der Waals surface area contributed by atoms with Gasteiger partial charge in [0.1, 0.15) is 11.2 Å². The molecule has 0 N–H and O–H groups in total. The van der Waals surface area contributed by atoms with Crippen molar-refractivity contribution in [3.63, 3.8) is 0 Å². The third-order valence-corrected chi connectivity index (χ3v) is 8.91. The van der Waals surface area contributed by atoms with E-state index >= 15 is 0 Å². The van der Waals surface area contributed by atoms with E-state index in [1.54, 1.807) is 0 Å². The second-order valence-electron chi connectivity index (χ2n) is 12.1. The Balaban J connectivity index is 1.23. The van der Waals surface area contributed by atoms with Gasteiger partial charge in [-0.1, -0.05) is 127 Å². The minimum atomic E-state index is 0.590. The van der Waals surface area contributed by atoms with Crippen molar-refractivity contribution in [3.05, 3.63) is 182 Å². The summed E-state index contributed by atoms with van der Waals surface area (Å²) >= 11 is 0. The van der Waals surface area contributed by atoms with Crippen LogP contribution in [-0.2, 0) is 0 Å². The van der Waals surface area contributed by atoms with Gasteiger partial charge >= 0.3 is 0 Å². The molecule has 50 heavy (non-hydrogen) atoms. The van der Waals surface area contributed by atoms with Crippen LogP contribution in [0.1, 0.15) is 0 Å². The molecule has 0 spiro atoms. The normalized spacial score (nSPS) is 11.2. The first-order valence-corrected chi connectivity index (χ1v) is 16.6. The minimum Gasteiger partial charge on any atom is -0.456 e. The molecule has 0 aliphatic heterocycles. The lowest BCUT2D eigenvalue weighted by Crippen LogP contribution is -2.09. The van der Waals surface area contributed by atoms with Gasteiger partial charge in [0.2, 0.25) is 0 Å². The second-order valence-corrected chi connectivity index (χ2v) is 12.1. The topological polar surface area (TPSA) is 55.1 Å². The first-order valence-electron chi connectivity index (χ1n) is 16.6. The third-order valence-electron chi connectivity index (χ3n) is 8.91. The molecule has 0 aliphatic carbocycles. The molecule has 0 fully saturated rings. The van der Waals surface area contributed by atoms with Crippen LogP contribution in [0, 0.1) is 0 Å². The molecule has 0 aliphatic rings. The molecule has 0 radical (unpaired) electrons. The first-order chi connectivity index (χ1) is 24.8. The zero-order valence-corrected chi connectivity index (χ0v) is 27.0. The van der Waals surface area contributed by atoms with E-state index in [2.05, 4.69) is 95.9 Å². The van der Waals surface area contributed by atoms with Crippen LogP contribution in [0.5, 0.6) is 0 Å². The van der Waals surface area contributed by atoms with Gasteiger partial charge in [-0.2, -0.15) is 0 Å². The van der Waals surface area contributed by atoms with Crippen LogP contribution in [0.2, 0.25) is 0 Å². The smallest absolute Gasteiger partial charge is 0.164 e. The van der Waals surface area contributed by atoms with Crippen molar-refractivity contribution in [1.29, 1.82) is 0 Å². The van der Waals surface area contributed by atoms with E-state index in [-0.39, 0.29) is 0 Å². The van der Waals surface area contributed by atoms with Gasteiger partial charge in [0.05, 0.1) is 0 Å². The zero-order chi connectivity index (χ0) is 33.3. The fourth-order valence-corrected chi connectivity index (χ4v) is 6.53. The number of para-hydroxylation sites is 3. The molecule has 0 amide bonds. The van der Waals surface area contributed by atoms with Crippen LogP contribution in [0.3, 0.4) is 0 Å². The Morgan fingerprint density at radius 2 is 0.840 bits per heavy atom. The molecule has 0 bridgehead atoms. The summed E-state index contributed by atoms with van der Waals surface area (Å²) in [6.45, 7) is 0. The first kappa shape index (κ1) is 29.3. The maximum atomic E-state index is 6.50. The summed E-state index contributed by atoms with van der Waals surface area (Å²) in [7, 11) is 0. The predicted molar refractivity (Wildman–Crippen MR) is 204 cm³/mol. The number of aromatic nitrogens is 3. The monoisotopic (exact) mass is 642 g/mol. The van der Waals surface area contributed by atoms with E-state index in [4.69, 9.17) is 19.4 Å². The van der Waals surface area contributed by atoms with E-state index in [0.717, 1.165) is 66.8 Å². The van der Waals surface area contributed by atoms with Crippen molar-refractivity contribution in [2.45, 2.75) is 0 Å². The van der Waals surface area contributed by atoms with Crippen molar-refractivity contribution in [1.82, 2.24) is 15.0 Å². The Morgan fingerprint density at radius 3 is 1.42 bits per heavy atom. The highest BCUT2D eigenvalue weighted by Crippen LogP contribution is 2.41. The Kier molecular flexibility index (Phi) is 7.41. The molecule has 0 atom stereocenters. The largest absolute Gasteiger partial charge is 0.456 e. The Hall–Kier alpha value is -6.85. The third kappa shape index (κ3) is 5.47. The van der Waals surface area contributed by atoms with Gasteiger partial charge in [-0.25, -0.2) is 15.0 Å². The summed E-state index contributed by atoms with van der Waals surface area (Å²) in [6.07, 6.45) is 0. The van der Waals surface area contributed by atoms with Crippen molar-refractivity contribution < 1.29 is 4.42 Å². The van der Waals surface area contributed by atoms with Gasteiger partial charge in [0.15, 0.2) is 17.5 Å². The zero-order valence-electron chi connectivity index (χ0n) is 27.0. The summed E-state index contributed by atoms with van der Waals surface area (Å²) in [5.74, 6) is 1.83. The molecule has 9 aromatic rings. The highest BCUT2D eigenvalue weighted by atomic mass is 16.3. The second kappa shape index (κ2) is 12.6. The van der Waals surface area contributed by atoms with Gasteiger partial charge < -0.3 is 9.32 Å². The summed E-state index contributed by atoms with van der Waals surface area (Å²) in [4.78, 5) is 17.4. The molecule has 0 saturated heterocycles. The summed E-state index contributed by atoms with van der Waals surface area (Å²) < 4.78 is 6.50. The van der Waals surface area contributed by atoms with Crippen LogP contribution in [0.4, 0.5) is 17.1 Å². The fourth-order valence-electron chi connectivity index (χ4n) is 6.53. The fraction of sp³-hybridized carbons (Fsp3) is 0. The number of hydrogen-bond donors (Lipinski definition) is 0. The Labute approximate surface area is 289 Å². The van der Waals surface area contributed by atoms with E-state index in [0.29, 0.717) is 17.5 Å². The van der Waals surface area contributed by atoms with Crippen LogP contribution in [-0.4, -0.2) is 15.0 Å². The highest BCUT2D eigenvalue weighted by Gasteiger charge is 2.20. The van der Waals surface area contributed by atoms with Gasteiger partial charge in [-0.3, -0.25) is 0 Å². The van der Waals surface area contributed by atoms with Gasteiger partial charge in [-0.05, 0) is 65.7 Å². The Morgan fingerprint density at radius 1 is 0.360 bits per heavy atom. The van der Waals surface area contributed by atoms with E-state index in [9.17, 15) is 0 Å². The van der Waals surface area contributed by atoms with Crippen LogP contribution in [0.15, 0.2) is 186 Å². The van der Waals surface area contributed by atoms with Gasteiger partial charge in [0, 0.05) is 44.5 Å². The van der Waals surface area contributed by atoms with Crippen molar-refractivity contribution in [2.75, 3.05) is 4.90 Å². The molecule has 236 valence electrons. The molecular weight excluding hydrogens is 613 g/mol. The van der Waals surface area contributed by atoms with Crippen LogP contribution >= 0.6 is 0 Å². The van der Waals surface area contributed by atoms with Gasteiger partial charge in [0.25, 0.3) is 0 Å². The molecule has 0 unspecified atom stereocenters. The number of fused-ring (bicyclic) bond motifs is 3. The van der Waals surface area contributed by atoms with Crippen molar-refractivity contribution in [2.24, 2.45) is 0 Å². The average Bonchev–Trinajstić information content (AvgIpc) is 3.58. The SMILES string of the molecule is c1ccc(-c2nc(-c3ccccc3)nc(-c3cc(-c4ccc(N(c5ccccc5)c5ccccc5)cc4)cc4oc5ccccc5c34)n2)cc1. The molecule has 5 nitrogen and oxygen atoms in total. The number of hydrogen-bond acceptors (Lipinski definition) is 5. The van der Waals surface area contributed by atoms with E-state index in [1.807, 2.05) is 91.0 Å². The highest BCUT2D eigenvalue weighted by molar-refractivity contribution is 6.13. The molecule has 7 aromatic carbocycles. The molecule has 0 saturated carbocycles. The van der Waals surface area contributed by atoms with Crippen molar-refractivity contribution >= 4 is 39.0 Å². The molecule has 2 aromatic heterocycles. The number of benzene rings is 7. The van der Waals surface area contributed by atoms with Crippen molar-refractivity contribution in [3.8, 4) is 45.3 Å². The lowest BCUT2D eigenvalue weighted by Gasteiger charge is -2.25. The number of rotatable bonds is 7. The predicted octanol–water partition coefficient (Wildman–Crippen LogP) is 11.9. The maximum absolute atomic E-state index is 6.50. The molecule has 9 rings (SSSR count). The molecule has 2 heterocycles. The van der Waals surface area contributed by atoms with Gasteiger partial charge in [-0.15, -0.1) is 0 Å². The number of nitrogens with zero attached hydrogens (tertiary/aromatic N) is 4.